The van der Waals surface area contributed by atoms with Crippen LogP contribution in [-0.4, -0.2) is 36.6 Å². The molecule has 0 spiro atoms. The van der Waals surface area contributed by atoms with Crippen molar-refractivity contribution in [1.82, 2.24) is 5.06 Å². The molecule has 2 amide bonds. The first-order valence-electron chi connectivity index (χ1n) is 9.48. The molecule has 32 heavy (non-hydrogen) atoms. The molecule has 0 saturated heterocycles. The number of rotatable bonds is 6. The van der Waals surface area contributed by atoms with Gasteiger partial charge < -0.3 is 0 Å². The predicted octanol–water partition coefficient (Wildman–Crippen LogP) is 3.72. The molecule has 0 saturated carbocycles. The third-order valence-corrected chi connectivity index (χ3v) is 5.58. The summed E-state index contributed by atoms with van der Waals surface area (Å²) in [5.41, 5.74) is -5.99. The van der Waals surface area contributed by atoms with E-state index in [1.165, 1.54) is 30.3 Å². The third kappa shape index (κ3) is 4.37. The summed E-state index contributed by atoms with van der Waals surface area (Å²) in [6.07, 6.45) is 2.83. The van der Waals surface area contributed by atoms with Gasteiger partial charge >= 0.3 is 15.6 Å². The van der Waals surface area contributed by atoms with Crippen LogP contribution < -0.4 is 0 Å². The van der Waals surface area contributed by atoms with E-state index in [2.05, 4.69) is 16.1 Å². The molecule has 0 atom stereocenters. The maximum atomic E-state index is 12.7. The van der Waals surface area contributed by atoms with Gasteiger partial charge in [-0.15, -0.1) is 9.35 Å². The summed E-state index contributed by atoms with van der Waals surface area (Å²) < 4.78 is 64.4. The number of Topliss-reactive ketones (excluding diaryl/α,β-unsaturated/α-hetero) is 1. The molecule has 0 aromatic heterocycles. The second kappa shape index (κ2) is 8.72. The topological polar surface area (TPSA) is 97.8 Å². The molecule has 0 bridgehead atoms. The van der Waals surface area contributed by atoms with Crippen LogP contribution in [0.15, 0.2) is 30.3 Å². The molecule has 0 N–H and O–H groups in total. The maximum Gasteiger partial charge on any atom is 0.525 e. The second-order valence-electron chi connectivity index (χ2n) is 6.90. The van der Waals surface area contributed by atoms with Crippen molar-refractivity contribution in [3.8, 4) is 11.8 Å². The average molecular weight is 467 g/mol. The van der Waals surface area contributed by atoms with E-state index in [4.69, 9.17) is 0 Å². The average Bonchev–Trinajstić information content (AvgIpc) is 2.73. The highest BCUT2D eigenvalue weighted by Gasteiger charge is 2.51. The number of halogens is 3. The first kappa shape index (κ1) is 23.4. The molecule has 2 aromatic carbocycles. The number of hydrogen-bond acceptors (Lipinski definition) is 6. The van der Waals surface area contributed by atoms with Crippen LogP contribution in [0, 0.1) is 11.8 Å². The minimum atomic E-state index is -6.25. The summed E-state index contributed by atoms with van der Waals surface area (Å²) in [4.78, 5) is 37.1. The van der Waals surface area contributed by atoms with E-state index in [-0.39, 0.29) is 22.3 Å². The van der Waals surface area contributed by atoms with Crippen LogP contribution in [-0.2, 0) is 19.2 Å². The molecule has 0 fully saturated rings. The van der Waals surface area contributed by atoms with Crippen molar-refractivity contribution in [2.24, 2.45) is 0 Å². The molecule has 1 aliphatic rings. The van der Waals surface area contributed by atoms with Gasteiger partial charge in [-0.25, -0.2) is 0 Å². The molecule has 3 rings (SSSR count). The number of carbonyl (C=O) groups is 3. The number of carbonyl (C=O) groups excluding carboxylic acids is 3. The number of benzene rings is 2. The summed E-state index contributed by atoms with van der Waals surface area (Å²) in [7, 11) is -6.25. The molecular weight excluding hydrogens is 451 g/mol. The van der Waals surface area contributed by atoms with Gasteiger partial charge in [0.2, 0.25) is 5.78 Å². The number of nitrogens with zero attached hydrogens (tertiary/aromatic N) is 1. The molecule has 1 heterocycles. The zero-order chi connectivity index (χ0) is 23.7. The van der Waals surface area contributed by atoms with E-state index < -0.39 is 32.5 Å². The molecule has 168 valence electrons. The molecule has 1 aliphatic heterocycles. The fourth-order valence-corrected chi connectivity index (χ4v) is 3.54. The zero-order valence-corrected chi connectivity index (χ0v) is 17.5. The number of amides is 2. The molecule has 7 nitrogen and oxygen atoms in total. The minimum Gasteiger partial charge on any atom is -0.285 e. The largest absolute Gasteiger partial charge is 0.525 e. The van der Waals surface area contributed by atoms with Gasteiger partial charge in [0.25, 0.3) is 11.8 Å². The lowest BCUT2D eigenvalue weighted by Gasteiger charge is -2.25. The molecule has 11 heteroatoms. The lowest BCUT2D eigenvalue weighted by atomic mass is 9.92. The van der Waals surface area contributed by atoms with Crippen molar-refractivity contribution in [1.29, 1.82) is 0 Å². The lowest BCUT2D eigenvalue weighted by molar-refractivity contribution is -0.113. The summed E-state index contributed by atoms with van der Waals surface area (Å²) in [5, 5.41) is -0.0337. The van der Waals surface area contributed by atoms with Crippen molar-refractivity contribution in [2.75, 3.05) is 0 Å². The van der Waals surface area contributed by atoms with Crippen molar-refractivity contribution < 1.29 is 40.3 Å². The zero-order valence-electron chi connectivity index (χ0n) is 16.7. The highest BCUT2D eigenvalue weighted by atomic mass is 32.2. The fraction of sp³-hybridized carbons (Fsp3) is 0.286. The van der Waals surface area contributed by atoms with Crippen molar-refractivity contribution >= 4 is 38.5 Å². The van der Waals surface area contributed by atoms with E-state index in [1.54, 1.807) is 0 Å². The van der Waals surface area contributed by atoms with Gasteiger partial charge in [-0.05, 0) is 35.9 Å². The second-order valence-corrected chi connectivity index (χ2v) is 8.42. The quantitative estimate of drug-likeness (QED) is 0.278. The van der Waals surface area contributed by atoms with E-state index in [1.807, 2.05) is 6.92 Å². The summed E-state index contributed by atoms with van der Waals surface area (Å²) in [5.74, 6) is 2.19. The Morgan fingerprint density at radius 3 is 2.34 bits per heavy atom. The van der Waals surface area contributed by atoms with Gasteiger partial charge in [0.1, 0.15) is 0 Å². The van der Waals surface area contributed by atoms with Gasteiger partial charge in [-0.2, -0.15) is 21.6 Å². The van der Waals surface area contributed by atoms with Crippen LogP contribution in [0.1, 0.15) is 58.9 Å². The van der Waals surface area contributed by atoms with Crippen LogP contribution in [0.5, 0.6) is 0 Å². The number of imide groups is 1. The van der Waals surface area contributed by atoms with Gasteiger partial charge in [0.15, 0.2) is 0 Å². The molecule has 2 aromatic rings. The van der Waals surface area contributed by atoms with Crippen molar-refractivity contribution in [2.45, 2.75) is 38.1 Å². The lowest BCUT2D eigenvalue weighted by Crippen LogP contribution is -2.44. The van der Waals surface area contributed by atoms with Gasteiger partial charge in [-0.1, -0.05) is 37.8 Å². The Morgan fingerprint density at radius 1 is 1.06 bits per heavy atom. The van der Waals surface area contributed by atoms with Crippen LogP contribution in [0.2, 0.25) is 0 Å². The monoisotopic (exact) mass is 467 g/mol. The first-order valence-corrected chi connectivity index (χ1v) is 10.9. The number of hydroxylamine groups is 2. The number of unbranched alkanes of at least 4 members (excludes halogenated alkanes) is 2. The Morgan fingerprint density at radius 2 is 1.72 bits per heavy atom. The Hall–Kier alpha value is -3.23. The summed E-state index contributed by atoms with van der Waals surface area (Å²) >= 11 is 0. The smallest absolute Gasteiger partial charge is 0.285 e. The molecular formula is C21H16F3NO6S. The minimum absolute atomic E-state index is 0.0805. The first-order chi connectivity index (χ1) is 15.0. The van der Waals surface area contributed by atoms with Crippen LogP contribution in [0.25, 0.3) is 10.8 Å². The standard InChI is InChI=1S/C21H16F3NO6S/c1-2-3-4-6-14(26)11-9-13-10-12-17-18-15(13)7-5-8-16(18)19(27)25(20(17)28)31-32(29,30)21(22,23)24/h5,7-8,10,12H,2-4,6H2,1H3. The Kier molecular flexibility index (Phi) is 6.39. The van der Waals surface area contributed by atoms with Crippen molar-refractivity contribution in [3.05, 3.63) is 47.0 Å². The van der Waals surface area contributed by atoms with Gasteiger partial charge in [-0.3, -0.25) is 14.4 Å². The third-order valence-electron chi connectivity index (χ3n) is 4.67. The molecule has 0 radical (unpaired) electrons. The summed E-state index contributed by atoms with van der Waals surface area (Å²) in [6.45, 7) is 2.00. The predicted molar refractivity (Wildman–Crippen MR) is 107 cm³/mol. The van der Waals surface area contributed by atoms with Crippen LogP contribution >= 0.6 is 0 Å². The maximum absolute atomic E-state index is 12.7. The van der Waals surface area contributed by atoms with E-state index in [0.717, 1.165) is 12.8 Å². The molecule has 0 aliphatic carbocycles. The molecule has 0 unspecified atom stereocenters. The van der Waals surface area contributed by atoms with E-state index in [9.17, 15) is 36.0 Å². The number of hydrogen-bond donors (Lipinski definition) is 0. The SMILES string of the molecule is CCCCCC(=O)C#Cc1ccc2c3c(cccc13)C(=O)N(OS(=O)(=O)C(F)(F)F)C2=O. The van der Waals surface area contributed by atoms with Crippen LogP contribution in [0.4, 0.5) is 13.2 Å². The fourth-order valence-electron chi connectivity index (χ4n) is 3.13. The van der Waals surface area contributed by atoms with E-state index in [0.29, 0.717) is 23.8 Å². The normalized spacial score (nSPS) is 13.8. The highest BCUT2D eigenvalue weighted by Crippen LogP contribution is 2.34. The van der Waals surface area contributed by atoms with Crippen molar-refractivity contribution in [3.63, 3.8) is 0 Å². The van der Waals surface area contributed by atoms with E-state index >= 15 is 0 Å². The van der Waals surface area contributed by atoms with Gasteiger partial charge in [0.05, 0.1) is 11.1 Å². The Labute approximate surface area is 181 Å². The van der Waals surface area contributed by atoms with Crippen LogP contribution in [0.3, 0.4) is 0 Å². The van der Waals surface area contributed by atoms with Gasteiger partial charge in [0, 0.05) is 17.4 Å². The number of ketones is 1. The highest BCUT2D eigenvalue weighted by molar-refractivity contribution is 7.87. The number of alkyl halides is 3. The Balaban J connectivity index is 2.02. The Bertz CT molecular complexity index is 1270. The summed E-state index contributed by atoms with van der Waals surface area (Å²) in [6, 6.07) is 6.67.